The Labute approximate surface area is 141 Å². The molecule has 0 unspecified atom stereocenters. The first-order chi connectivity index (χ1) is 11.5. The molecule has 0 spiro atoms. The van der Waals surface area contributed by atoms with Gasteiger partial charge < -0.3 is 14.8 Å². The molecule has 2 aromatic rings. The van der Waals surface area contributed by atoms with Crippen molar-refractivity contribution < 1.29 is 19.1 Å². The van der Waals surface area contributed by atoms with E-state index in [4.69, 9.17) is 4.74 Å². The number of ether oxygens (including phenoxy) is 2. The Morgan fingerprint density at radius 2 is 1.83 bits per heavy atom. The summed E-state index contributed by atoms with van der Waals surface area (Å²) in [5, 5.41) is 2.71. The molecule has 2 aromatic carbocycles. The lowest BCUT2D eigenvalue weighted by molar-refractivity contribution is -0.118. The Kier molecular flexibility index (Phi) is 5.95. The minimum absolute atomic E-state index is 0.105. The van der Waals surface area contributed by atoms with Gasteiger partial charge in [0, 0.05) is 5.69 Å². The van der Waals surface area contributed by atoms with Crippen LogP contribution in [-0.4, -0.2) is 25.6 Å². The van der Waals surface area contributed by atoms with Gasteiger partial charge >= 0.3 is 5.97 Å². The van der Waals surface area contributed by atoms with Crippen molar-refractivity contribution in [1.82, 2.24) is 0 Å². The average Bonchev–Trinajstić information content (AvgIpc) is 2.59. The van der Waals surface area contributed by atoms with Crippen LogP contribution in [0, 0.1) is 0 Å². The van der Waals surface area contributed by atoms with E-state index in [1.54, 1.807) is 24.3 Å². The number of amides is 1. The average molecular weight is 327 g/mol. The van der Waals surface area contributed by atoms with Gasteiger partial charge in [0.25, 0.3) is 5.91 Å². The summed E-state index contributed by atoms with van der Waals surface area (Å²) in [5.74, 6) is 0.260. The number of carbonyl (C=O) groups is 2. The molecule has 0 radical (unpaired) electrons. The SMILES string of the molecule is COC(=O)c1cccc(NC(=O)COc2ccccc2C(C)C)c1. The maximum atomic E-state index is 12.1. The second-order valence-corrected chi connectivity index (χ2v) is 5.60. The topological polar surface area (TPSA) is 64.6 Å². The van der Waals surface area contributed by atoms with Gasteiger partial charge in [0.1, 0.15) is 5.75 Å². The van der Waals surface area contributed by atoms with Crippen molar-refractivity contribution in [3.63, 3.8) is 0 Å². The number of anilines is 1. The predicted octanol–water partition coefficient (Wildman–Crippen LogP) is 3.61. The number of nitrogens with one attached hydrogen (secondary N) is 1. The second kappa shape index (κ2) is 8.15. The third kappa shape index (κ3) is 4.59. The summed E-state index contributed by atoms with van der Waals surface area (Å²) in [6.07, 6.45) is 0. The number of methoxy groups -OCH3 is 1. The molecule has 1 N–H and O–H groups in total. The summed E-state index contributed by atoms with van der Waals surface area (Å²) in [6.45, 7) is 4.04. The van der Waals surface area contributed by atoms with E-state index in [-0.39, 0.29) is 12.5 Å². The summed E-state index contributed by atoms with van der Waals surface area (Å²) in [7, 11) is 1.31. The highest BCUT2D eigenvalue weighted by molar-refractivity contribution is 5.95. The van der Waals surface area contributed by atoms with Gasteiger partial charge in [-0.15, -0.1) is 0 Å². The molecule has 126 valence electrons. The molecule has 0 aliphatic carbocycles. The minimum atomic E-state index is -0.451. The number of carbonyl (C=O) groups excluding carboxylic acids is 2. The normalized spacial score (nSPS) is 10.3. The summed E-state index contributed by atoms with van der Waals surface area (Å²) < 4.78 is 10.3. The maximum absolute atomic E-state index is 12.1. The Morgan fingerprint density at radius 1 is 1.08 bits per heavy atom. The Hall–Kier alpha value is -2.82. The quantitative estimate of drug-likeness (QED) is 0.823. The predicted molar refractivity (Wildman–Crippen MR) is 92.4 cm³/mol. The van der Waals surface area contributed by atoms with Gasteiger partial charge in [0.2, 0.25) is 0 Å². The zero-order chi connectivity index (χ0) is 17.5. The molecule has 24 heavy (non-hydrogen) atoms. The lowest BCUT2D eigenvalue weighted by Gasteiger charge is -2.13. The van der Waals surface area contributed by atoms with Crippen molar-refractivity contribution in [3.8, 4) is 5.75 Å². The number of benzene rings is 2. The molecule has 0 bridgehead atoms. The molecule has 0 aromatic heterocycles. The number of para-hydroxylation sites is 1. The van der Waals surface area contributed by atoms with Crippen molar-refractivity contribution in [3.05, 3.63) is 59.7 Å². The summed E-state index contributed by atoms with van der Waals surface area (Å²) in [6, 6.07) is 14.2. The highest BCUT2D eigenvalue weighted by Gasteiger charge is 2.11. The number of hydrogen-bond acceptors (Lipinski definition) is 4. The van der Waals surface area contributed by atoms with Crippen LogP contribution >= 0.6 is 0 Å². The molecule has 0 saturated heterocycles. The molecule has 5 heteroatoms. The molecule has 0 atom stereocenters. The Morgan fingerprint density at radius 3 is 2.54 bits per heavy atom. The fourth-order valence-corrected chi connectivity index (χ4v) is 2.27. The molecule has 5 nitrogen and oxygen atoms in total. The first-order valence-corrected chi connectivity index (χ1v) is 7.71. The van der Waals surface area contributed by atoms with Crippen molar-refractivity contribution in [1.29, 1.82) is 0 Å². The monoisotopic (exact) mass is 327 g/mol. The molecule has 0 fully saturated rings. The Balaban J connectivity index is 1.98. The van der Waals surface area contributed by atoms with Crippen molar-refractivity contribution >= 4 is 17.6 Å². The van der Waals surface area contributed by atoms with Crippen LogP contribution in [0.4, 0.5) is 5.69 Å². The molecular formula is C19H21NO4. The zero-order valence-electron chi connectivity index (χ0n) is 14.0. The van der Waals surface area contributed by atoms with Crippen LogP contribution in [0.1, 0.15) is 35.7 Å². The second-order valence-electron chi connectivity index (χ2n) is 5.60. The van der Waals surface area contributed by atoms with Crippen molar-refractivity contribution in [2.75, 3.05) is 19.0 Å². The van der Waals surface area contributed by atoms with Crippen molar-refractivity contribution in [2.45, 2.75) is 19.8 Å². The molecule has 0 saturated carbocycles. The van der Waals surface area contributed by atoms with Gasteiger partial charge in [-0.25, -0.2) is 4.79 Å². The minimum Gasteiger partial charge on any atom is -0.483 e. The number of hydrogen-bond donors (Lipinski definition) is 1. The molecule has 1 amide bonds. The third-order valence-corrected chi connectivity index (χ3v) is 3.47. The van der Waals surface area contributed by atoms with E-state index in [1.807, 2.05) is 24.3 Å². The van der Waals surface area contributed by atoms with Crippen LogP contribution in [0.3, 0.4) is 0 Å². The number of esters is 1. The molecular weight excluding hydrogens is 306 g/mol. The maximum Gasteiger partial charge on any atom is 0.337 e. The van der Waals surface area contributed by atoms with Gasteiger partial charge in [-0.3, -0.25) is 4.79 Å². The van der Waals surface area contributed by atoms with E-state index in [9.17, 15) is 9.59 Å². The van der Waals surface area contributed by atoms with Gasteiger partial charge in [-0.2, -0.15) is 0 Å². The van der Waals surface area contributed by atoms with E-state index >= 15 is 0 Å². The van der Waals surface area contributed by atoms with Crippen LogP contribution < -0.4 is 10.1 Å². The van der Waals surface area contributed by atoms with Crippen LogP contribution in [0.2, 0.25) is 0 Å². The highest BCUT2D eigenvalue weighted by Crippen LogP contribution is 2.25. The number of rotatable bonds is 6. The van der Waals surface area contributed by atoms with Crippen LogP contribution in [0.25, 0.3) is 0 Å². The fourth-order valence-electron chi connectivity index (χ4n) is 2.27. The van der Waals surface area contributed by atoms with Crippen LogP contribution in [0.5, 0.6) is 5.75 Å². The van der Waals surface area contributed by atoms with Crippen LogP contribution in [-0.2, 0) is 9.53 Å². The molecule has 0 heterocycles. The smallest absolute Gasteiger partial charge is 0.337 e. The lowest BCUT2D eigenvalue weighted by Crippen LogP contribution is -2.20. The summed E-state index contributed by atoms with van der Waals surface area (Å²) in [4.78, 5) is 23.6. The van der Waals surface area contributed by atoms with Gasteiger partial charge in [0.15, 0.2) is 6.61 Å². The first-order valence-electron chi connectivity index (χ1n) is 7.71. The summed E-state index contributed by atoms with van der Waals surface area (Å²) in [5.41, 5.74) is 1.95. The van der Waals surface area contributed by atoms with E-state index in [0.717, 1.165) is 5.56 Å². The molecule has 0 aliphatic heterocycles. The third-order valence-electron chi connectivity index (χ3n) is 3.47. The first kappa shape index (κ1) is 17.5. The summed E-state index contributed by atoms with van der Waals surface area (Å²) >= 11 is 0. The van der Waals surface area contributed by atoms with Crippen LogP contribution in [0.15, 0.2) is 48.5 Å². The van der Waals surface area contributed by atoms with Crippen molar-refractivity contribution in [2.24, 2.45) is 0 Å². The largest absolute Gasteiger partial charge is 0.483 e. The highest BCUT2D eigenvalue weighted by atomic mass is 16.5. The van der Waals surface area contributed by atoms with E-state index in [2.05, 4.69) is 23.9 Å². The standard InChI is InChI=1S/C19H21NO4/c1-13(2)16-9-4-5-10-17(16)24-12-18(21)20-15-8-6-7-14(11-15)19(22)23-3/h4-11,13H,12H2,1-3H3,(H,20,21). The molecule has 2 rings (SSSR count). The lowest BCUT2D eigenvalue weighted by atomic mass is 10.0. The van der Waals surface area contributed by atoms with E-state index in [0.29, 0.717) is 22.9 Å². The van der Waals surface area contributed by atoms with E-state index < -0.39 is 5.97 Å². The molecule has 0 aliphatic rings. The Bertz CT molecular complexity index is 725. The zero-order valence-corrected chi connectivity index (χ0v) is 14.0. The van der Waals surface area contributed by atoms with Gasteiger partial charge in [0.05, 0.1) is 12.7 Å². The fraction of sp³-hybridized carbons (Fsp3) is 0.263. The van der Waals surface area contributed by atoms with E-state index in [1.165, 1.54) is 7.11 Å². The van der Waals surface area contributed by atoms with Gasteiger partial charge in [-0.1, -0.05) is 38.1 Å². The van der Waals surface area contributed by atoms with Gasteiger partial charge in [-0.05, 0) is 35.7 Å².